The van der Waals surface area contributed by atoms with Gasteiger partial charge < -0.3 is 15.6 Å². The fourth-order valence-electron chi connectivity index (χ4n) is 1.07. The summed E-state index contributed by atoms with van der Waals surface area (Å²) in [5.74, 6) is 0.384. The van der Waals surface area contributed by atoms with Crippen LogP contribution in [0.5, 0.6) is 0 Å². The number of amides is 1. The molecule has 0 aromatic carbocycles. The highest BCUT2D eigenvalue weighted by Crippen LogP contribution is 1.96. The van der Waals surface area contributed by atoms with Crippen LogP contribution in [0, 0.1) is 0 Å². The number of nitrogens with two attached hydrogens (primary N) is 1. The molecule has 0 aliphatic heterocycles. The van der Waals surface area contributed by atoms with Gasteiger partial charge in [-0.3, -0.25) is 4.79 Å². The molecule has 0 aliphatic carbocycles. The van der Waals surface area contributed by atoms with Gasteiger partial charge in [-0.15, -0.1) is 0 Å². The monoisotopic (exact) mass is 212 g/mol. The molecule has 1 heterocycles. The smallest absolute Gasteiger partial charge is 0.239 e. The Morgan fingerprint density at radius 1 is 1.79 bits per heavy atom. The number of hydrogen-bond donors (Lipinski definition) is 2. The summed E-state index contributed by atoms with van der Waals surface area (Å²) in [4.78, 5) is 15.4. The molecule has 0 aliphatic rings. The van der Waals surface area contributed by atoms with Crippen molar-refractivity contribution in [3.8, 4) is 0 Å². The van der Waals surface area contributed by atoms with Crippen molar-refractivity contribution < 1.29 is 4.79 Å². The average Bonchev–Trinajstić information content (AvgIpc) is 2.52. The van der Waals surface area contributed by atoms with Gasteiger partial charge in [0.05, 0.1) is 0 Å². The Labute approximate surface area is 87.3 Å². The van der Waals surface area contributed by atoms with Crippen molar-refractivity contribution in [1.82, 2.24) is 14.9 Å². The molecule has 0 spiro atoms. The minimum Gasteiger partial charge on any atom is -0.387 e. The fourth-order valence-corrected chi connectivity index (χ4v) is 1.24. The van der Waals surface area contributed by atoms with E-state index in [1.165, 1.54) is 0 Å². The zero-order valence-electron chi connectivity index (χ0n) is 7.86. The molecule has 0 bridgehead atoms. The highest BCUT2D eigenvalue weighted by molar-refractivity contribution is 7.80. The lowest BCUT2D eigenvalue weighted by Crippen LogP contribution is -2.29. The van der Waals surface area contributed by atoms with E-state index in [0.717, 1.165) is 0 Å². The number of aromatic nitrogens is 2. The third kappa shape index (κ3) is 2.53. The van der Waals surface area contributed by atoms with Gasteiger partial charge in [0.25, 0.3) is 0 Å². The molecule has 1 rings (SSSR count). The number of carbonyl (C=O) groups is 1. The lowest BCUT2D eigenvalue weighted by Gasteiger charge is -2.05. The fraction of sp³-hybridized carbons (Fsp3) is 0.375. The molecule has 6 heteroatoms. The molecule has 14 heavy (non-hydrogen) atoms. The van der Waals surface area contributed by atoms with Gasteiger partial charge in [-0.2, -0.15) is 0 Å². The number of rotatable bonds is 4. The van der Waals surface area contributed by atoms with E-state index in [-0.39, 0.29) is 17.4 Å². The van der Waals surface area contributed by atoms with E-state index in [9.17, 15) is 4.79 Å². The largest absolute Gasteiger partial charge is 0.387 e. The van der Waals surface area contributed by atoms with Gasteiger partial charge in [0.2, 0.25) is 5.91 Å². The summed E-state index contributed by atoms with van der Waals surface area (Å²) in [5.41, 5.74) is 5.43. The van der Waals surface area contributed by atoms with E-state index in [0.29, 0.717) is 12.4 Å². The predicted molar refractivity (Wildman–Crippen MR) is 56.8 cm³/mol. The quantitative estimate of drug-likeness (QED) is 0.669. The molecular weight excluding hydrogens is 200 g/mol. The van der Waals surface area contributed by atoms with Crippen molar-refractivity contribution in [2.24, 2.45) is 5.73 Å². The summed E-state index contributed by atoms with van der Waals surface area (Å²) in [7, 11) is 0. The molecule has 76 valence electrons. The summed E-state index contributed by atoms with van der Waals surface area (Å²) in [6, 6.07) is 0. The number of thiocarbonyl (C=S) groups is 1. The molecule has 3 N–H and O–H groups in total. The summed E-state index contributed by atoms with van der Waals surface area (Å²) >= 11 is 4.78. The first-order chi connectivity index (χ1) is 6.65. The standard InChI is InChI=1S/C8H12N4OS/c1-2-10-6(13)5-12-4-3-11-8(12)7(9)14/h3-4H,2,5H2,1H3,(H2,9,14)(H,10,13). The molecule has 0 atom stereocenters. The van der Waals surface area contributed by atoms with E-state index < -0.39 is 0 Å². The van der Waals surface area contributed by atoms with Crippen LogP contribution in [0.3, 0.4) is 0 Å². The first kappa shape index (κ1) is 10.6. The average molecular weight is 212 g/mol. The first-order valence-corrected chi connectivity index (χ1v) is 4.63. The highest BCUT2D eigenvalue weighted by atomic mass is 32.1. The Kier molecular flexibility index (Phi) is 3.58. The van der Waals surface area contributed by atoms with Crippen LogP contribution >= 0.6 is 12.2 Å². The van der Waals surface area contributed by atoms with Gasteiger partial charge in [-0.25, -0.2) is 4.98 Å². The van der Waals surface area contributed by atoms with E-state index in [2.05, 4.69) is 10.3 Å². The van der Waals surface area contributed by atoms with E-state index in [1.807, 2.05) is 6.92 Å². The Hall–Kier alpha value is -1.43. The van der Waals surface area contributed by atoms with Gasteiger partial charge in [-0.05, 0) is 6.92 Å². The molecule has 0 fully saturated rings. The molecule has 5 nitrogen and oxygen atoms in total. The number of carbonyl (C=O) groups excluding carboxylic acids is 1. The summed E-state index contributed by atoms with van der Waals surface area (Å²) in [6.07, 6.45) is 3.23. The normalized spacial score (nSPS) is 9.79. The van der Waals surface area contributed by atoms with Gasteiger partial charge in [0.15, 0.2) is 5.82 Å². The van der Waals surface area contributed by atoms with Crippen molar-refractivity contribution in [1.29, 1.82) is 0 Å². The van der Waals surface area contributed by atoms with Crippen LogP contribution in [-0.2, 0) is 11.3 Å². The van der Waals surface area contributed by atoms with Crippen molar-refractivity contribution in [3.05, 3.63) is 18.2 Å². The topological polar surface area (TPSA) is 72.9 Å². The van der Waals surface area contributed by atoms with Crippen molar-refractivity contribution >= 4 is 23.1 Å². The zero-order chi connectivity index (χ0) is 10.6. The number of nitrogens with zero attached hydrogens (tertiary/aromatic N) is 2. The zero-order valence-corrected chi connectivity index (χ0v) is 8.67. The van der Waals surface area contributed by atoms with Gasteiger partial charge in [-0.1, -0.05) is 12.2 Å². The Morgan fingerprint density at radius 3 is 3.07 bits per heavy atom. The van der Waals surface area contributed by atoms with Crippen molar-refractivity contribution in [2.45, 2.75) is 13.5 Å². The number of hydrogen-bond acceptors (Lipinski definition) is 3. The van der Waals surface area contributed by atoms with Gasteiger partial charge >= 0.3 is 0 Å². The lowest BCUT2D eigenvalue weighted by molar-refractivity contribution is -0.121. The number of likely N-dealkylation sites (N-methyl/N-ethyl adjacent to an activating group) is 1. The second kappa shape index (κ2) is 4.71. The Morgan fingerprint density at radius 2 is 2.50 bits per heavy atom. The van der Waals surface area contributed by atoms with Gasteiger partial charge in [0.1, 0.15) is 11.5 Å². The van der Waals surface area contributed by atoms with E-state index >= 15 is 0 Å². The lowest BCUT2D eigenvalue weighted by atomic mass is 10.5. The predicted octanol–water partition coefficient (Wildman–Crippen LogP) is -0.347. The van der Waals surface area contributed by atoms with Crippen LogP contribution in [0.15, 0.2) is 12.4 Å². The maximum absolute atomic E-state index is 11.2. The minimum atomic E-state index is -0.0806. The third-order valence-corrected chi connectivity index (χ3v) is 1.81. The third-order valence-electron chi connectivity index (χ3n) is 1.62. The maximum Gasteiger partial charge on any atom is 0.239 e. The van der Waals surface area contributed by atoms with Gasteiger partial charge in [0, 0.05) is 18.9 Å². The second-order valence-electron chi connectivity index (χ2n) is 2.70. The van der Waals surface area contributed by atoms with Crippen LogP contribution in [0.4, 0.5) is 0 Å². The molecule has 0 saturated carbocycles. The van der Waals surface area contributed by atoms with Crippen LogP contribution in [0.2, 0.25) is 0 Å². The van der Waals surface area contributed by atoms with E-state index in [1.54, 1.807) is 17.0 Å². The molecule has 0 unspecified atom stereocenters. The molecule has 1 aromatic rings. The van der Waals surface area contributed by atoms with Crippen LogP contribution < -0.4 is 11.1 Å². The molecule has 0 radical (unpaired) electrons. The number of imidazole rings is 1. The van der Waals surface area contributed by atoms with E-state index in [4.69, 9.17) is 18.0 Å². The molecule has 1 amide bonds. The minimum absolute atomic E-state index is 0.0806. The highest BCUT2D eigenvalue weighted by Gasteiger charge is 2.08. The van der Waals surface area contributed by atoms with Crippen LogP contribution in [0.25, 0.3) is 0 Å². The maximum atomic E-state index is 11.2. The first-order valence-electron chi connectivity index (χ1n) is 4.22. The Bertz CT molecular complexity index is 347. The van der Waals surface area contributed by atoms with Crippen LogP contribution in [-0.4, -0.2) is 27.0 Å². The SMILES string of the molecule is CCNC(=O)Cn1ccnc1C(N)=S. The summed E-state index contributed by atoms with van der Waals surface area (Å²) in [5, 5.41) is 2.68. The molecule has 0 saturated heterocycles. The Balaban J connectivity index is 2.71. The molecule has 1 aromatic heterocycles. The van der Waals surface area contributed by atoms with Crippen molar-refractivity contribution in [2.75, 3.05) is 6.54 Å². The van der Waals surface area contributed by atoms with Crippen molar-refractivity contribution in [3.63, 3.8) is 0 Å². The summed E-state index contributed by atoms with van der Waals surface area (Å²) in [6.45, 7) is 2.66. The summed E-state index contributed by atoms with van der Waals surface area (Å²) < 4.78 is 1.62. The second-order valence-corrected chi connectivity index (χ2v) is 3.14. The molecular formula is C8H12N4OS. The van der Waals surface area contributed by atoms with Crippen LogP contribution in [0.1, 0.15) is 12.7 Å². The number of nitrogens with one attached hydrogen (secondary N) is 1.